The van der Waals surface area contributed by atoms with Crippen molar-refractivity contribution in [2.75, 3.05) is 5.73 Å². The molecule has 2 aromatic carbocycles. The Morgan fingerprint density at radius 1 is 1.16 bits per heavy atom. The Kier molecular flexibility index (Phi) is 6.12. The van der Waals surface area contributed by atoms with Crippen molar-refractivity contribution in [1.29, 1.82) is 0 Å². The number of aromatic amines is 1. The molecule has 0 saturated carbocycles. The maximum absolute atomic E-state index is 15.0. The van der Waals surface area contributed by atoms with Gasteiger partial charge in [0.05, 0.1) is 16.2 Å². The first-order chi connectivity index (χ1) is 17.6. The van der Waals surface area contributed by atoms with Crippen LogP contribution in [-0.4, -0.2) is 31.0 Å². The fourth-order valence-corrected chi connectivity index (χ4v) is 3.93. The summed E-state index contributed by atoms with van der Waals surface area (Å²) < 4.78 is 20.1. The second kappa shape index (κ2) is 9.29. The molecule has 5 aromatic rings. The Morgan fingerprint density at radius 2 is 1.97 bits per heavy atom. The average Bonchev–Trinajstić information content (AvgIpc) is 3.52. The predicted molar refractivity (Wildman–Crippen MR) is 138 cm³/mol. The molecule has 1 amide bonds. The maximum atomic E-state index is 15.0. The van der Waals surface area contributed by atoms with Gasteiger partial charge in [-0.05, 0) is 29.8 Å². The fraction of sp³-hybridized carbons (Fsp3) is 0.192. The number of carbonyl (C=O) groups is 1. The molecule has 0 unspecified atom stereocenters. The Balaban J connectivity index is 1.38. The molecule has 0 aliphatic heterocycles. The third-order valence-corrected chi connectivity index (χ3v) is 6.12. The van der Waals surface area contributed by atoms with Crippen molar-refractivity contribution in [1.82, 2.24) is 30.4 Å². The summed E-state index contributed by atoms with van der Waals surface area (Å²) in [5, 5.41) is 6.87. The lowest BCUT2D eigenvalue weighted by Gasteiger charge is -2.10. The third-order valence-electron chi connectivity index (χ3n) is 5.79. The van der Waals surface area contributed by atoms with Gasteiger partial charge in [0.15, 0.2) is 11.5 Å². The predicted octanol–water partition coefficient (Wildman–Crippen LogP) is 5.28. The van der Waals surface area contributed by atoms with E-state index in [4.69, 9.17) is 21.9 Å². The molecule has 3 aromatic heterocycles. The van der Waals surface area contributed by atoms with Gasteiger partial charge < -0.3 is 20.6 Å². The first-order valence-corrected chi connectivity index (χ1v) is 11.8. The number of imidazole rings is 1. The molecule has 188 valence electrons. The molecule has 0 saturated heterocycles. The van der Waals surface area contributed by atoms with Crippen LogP contribution >= 0.6 is 11.6 Å². The number of para-hydroxylation sites is 1. The SMILES string of the molecule is CC(C)(C)c1noc(C(=O)NCc2ccc(-c3ccnc4nc(-c5cccc(Cl)c5N)[nH]c34)cc2F)n1. The first kappa shape index (κ1) is 24.4. The molecule has 4 N–H and O–H groups in total. The van der Waals surface area contributed by atoms with Gasteiger partial charge in [-0.2, -0.15) is 4.98 Å². The number of benzene rings is 2. The summed E-state index contributed by atoms with van der Waals surface area (Å²) in [5.41, 5.74) is 9.51. The summed E-state index contributed by atoms with van der Waals surface area (Å²) in [7, 11) is 0. The van der Waals surface area contributed by atoms with Crippen LogP contribution in [0, 0.1) is 5.82 Å². The number of nitrogens with two attached hydrogens (primary N) is 1. The minimum absolute atomic E-state index is 0.0494. The summed E-state index contributed by atoms with van der Waals surface area (Å²) in [6.45, 7) is 5.67. The Bertz CT molecular complexity index is 1640. The lowest BCUT2D eigenvalue weighted by Crippen LogP contribution is -2.24. The van der Waals surface area contributed by atoms with Gasteiger partial charge in [-0.3, -0.25) is 4.79 Å². The zero-order valence-corrected chi connectivity index (χ0v) is 21.0. The third kappa shape index (κ3) is 4.75. The molecule has 0 fully saturated rings. The summed E-state index contributed by atoms with van der Waals surface area (Å²) >= 11 is 6.16. The van der Waals surface area contributed by atoms with E-state index in [1.807, 2.05) is 20.8 Å². The highest BCUT2D eigenvalue weighted by molar-refractivity contribution is 6.33. The van der Waals surface area contributed by atoms with Gasteiger partial charge in [0.1, 0.15) is 11.6 Å². The van der Waals surface area contributed by atoms with Crippen LogP contribution in [0.3, 0.4) is 0 Å². The van der Waals surface area contributed by atoms with Crippen LogP contribution in [0.25, 0.3) is 33.7 Å². The van der Waals surface area contributed by atoms with Crippen LogP contribution in [-0.2, 0) is 12.0 Å². The smallest absolute Gasteiger partial charge is 0.315 e. The molecule has 0 radical (unpaired) electrons. The lowest BCUT2D eigenvalue weighted by molar-refractivity contribution is 0.0906. The average molecular weight is 520 g/mol. The number of rotatable bonds is 5. The normalized spacial score (nSPS) is 11.7. The molecular weight excluding hydrogens is 497 g/mol. The topological polar surface area (TPSA) is 136 Å². The van der Waals surface area contributed by atoms with E-state index in [-0.39, 0.29) is 17.9 Å². The molecule has 9 nitrogen and oxygen atoms in total. The number of hydrogen-bond acceptors (Lipinski definition) is 7. The number of anilines is 1. The number of halogens is 2. The van der Waals surface area contributed by atoms with Crippen LogP contribution in [0.1, 0.15) is 42.8 Å². The van der Waals surface area contributed by atoms with Gasteiger partial charge >= 0.3 is 11.8 Å². The van der Waals surface area contributed by atoms with Crippen molar-refractivity contribution in [3.05, 3.63) is 76.8 Å². The fourth-order valence-electron chi connectivity index (χ4n) is 3.75. The van der Waals surface area contributed by atoms with Gasteiger partial charge in [-0.25, -0.2) is 14.4 Å². The van der Waals surface area contributed by atoms with Crippen molar-refractivity contribution in [2.45, 2.75) is 32.7 Å². The molecular formula is C26H23ClFN7O2. The van der Waals surface area contributed by atoms with E-state index in [1.165, 1.54) is 6.07 Å². The van der Waals surface area contributed by atoms with E-state index in [1.54, 1.807) is 42.6 Å². The zero-order valence-electron chi connectivity index (χ0n) is 20.3. The quantitative estimate of drug-likeness (QED) is 0.269. The number of nitrogens with zero attached hydrogens (tertiary/aromatic N) is 4. The molecule has 0 spiro atoms. The largest absolute Gasteiger partial charge is 0.397 e. The Labute approximate surface area is 216 Å². The number of aromatic nitrogens is 5. The monoisotopic (exact) mass is 519 g/mol. The van der Waals surface area contributed by atoms with Gasteiger partial charge in [-0.15, -0.1) is 0 Å². The van der Waals surface area contributed by atoms with Crippen molar-refractivity contribution in [3.63, 3.8) is 0 Å². The van der Waals surface area contributed by atoms with E-state index >= 15 is 4.39 Å². The van der Waals surface area contributed by atoms with Crippen LogP contribution in [0.4, 0.5) is 10.1 Å². The van der Waals surface area contributed by atoms with Crippen molar-refractivity contribution in [2.24, 2.45) is 0 Å². The number of fused-ring (bicyclic) bond motifs is 1. The maximum Gasteiger partial charge on any atom is 0.315 e. The molecule has 3 heterocycles. The molecule has 0 aliphatic rings. The minimum Gasteiger partial charge on any atom is -0.397 e. The highest BCUT2D eigenvalue weighted by Crippen LogP contribution is 2.33. The summed E-state index contributed by atoms with van der Waals surface area (Å²) in [6.07, 6.45) is 1.60. The number of amides is 1. The molecule has 11 heteroatoms. The van der Waals surface area contributed by atoms with E-state index in [0.29, 0.717) is 55.8 Å². The van der Waals surface area contributed by atoms with E-state index in [2.05, 4.69) is 30.4 Å². The van der Waals surface area contributed by atoms with Gasteiger partial charge in [0.2, 0.25) is 0 Å². The summed E-state index contributed by atoms with van der Waals surface area (Å²) in [6, 6.07) is 11.8. The van der Waals surface area contributed by atoms with Crippen LogP contribution < -0.4 is 11.1 Å². The number of H-pyrrole nitrogens is 1. The van der Waals surface area contributed by atoms with Crippen molar-refractivity contribution >= 4 is 34.4 Å². The van der Waals surface area contributed by atoms with Crippen LogP contribution in [0.2, 0.25) is 5.02 Å². The van der Waals surface area contributed by atoms with E-state index in [0.717, 1.165) is 0 Å². The molecule has 0 aliphatic carbocycles. The highest BCUT2D eigenvalue weighted by atomic mass is 35.5. The van der Waals surface area contributed by atoms with E-state index in [9.17, 15) is 4.79 Å². The van der Waals surface area contributed by atoms with Crippen molar-refractivity contribution < 1.29 is 13.7 Å². The number of hydrogen-bond donors (Lipinski definition) is 3. The standard InChI is InChI=1S/C26H23ClFN7O2/c1-26(2,3)25-34-24(37-35-25)23(36)31-12-14-8-7-13(11-18(14)28)15-9-10-30-22-20(15)32-21(33-22)16-5-4-6-17(27)19(16)29/h4-11H,12,29H2,1-3H3,(H,31,36)(H,30,32,33). The zero-order chi connectivity index (χ0) is 26.3. The second-order valence-corrected chi connectivity index (χ2v) is 9.91. The Hall–Kier alpha value is -4.31. The van der Waals surface area contributed by atoms with Gasteiger partial charge in [0, 0.05) is 34.8 Å². The number of pyridine rings is 1. The van der Waals surface area contributed by atoms with Gasteiger partial charge in [-0.1, -0.05) is 55.7 Å². The summed E-state index contributed by atoms with van der Waals surface area (Å²) in [4.78, 5) is 28.6. The second-order valence-electron chi connectivity index (χ2n) is 9.51. The minimum atomic E-state index is -0.576. The number of nitrogens with one attached hydrogen (secondary N) is 2. The Morgan fingerprint density at radius 3 is 2.70 bits per heavy atom. The van der Waals surface area contributed by atoms with Gasteiger partial charge in [0.25, 0.3) is 0 Å². The van der Waals surface area contributed by atoms with E-state index < -0.39 is 11.7 Å². The van der Waals surface area contributed by atoms with Crippen LogP contribution in [0.5, 0.6) is 0 Å². The number of carbonyl (C=O) groups excluding carboxylic acids is 1. The molecule has 37 heavy (non-hydrogen) atoms. The first-order valence-electron chi connectivity index (χ1n) is 11.4. The van der Waals surface area contributed by atoms with Crippen LogP contribution in [0.15, 0.2) is 53.2 Å². The lowest BCUT2D eigenvalue weighted by atomic mass is 9.96. The molecule has 0 bridgehead atoms. The molecule has 0 atom stereocenters. The number of nitrogen functional groups attached to an aromatic ring is 1. The molecule has 5 rings (SSSR count). The van der Waals surface area contributed by atoms with Crippen molar-refractivity contribution in [3.8, 4) is 22.5 Å². The highest BCUT2D eigenvalue weighted by Gasteiger charge is 2.24. The summed E-state index contributed by atoms with van der Waals surface area (Å²) in [5.74, 6) is -0.311.